The van der Waals surface area contributed by atoms with E-state index in [2.05, 4.69) is 20.2 Å². The molecule has 1 atom stereocenters. The first-order valence-corrected chi connectivity index (χ1v) is 8.87. The molecule has 4 heterocycles. The molecule has 0 saturated carbocycles. The third-order valence-electron chi connectivity index (χ3n) is 5.11. The zero-order valence-electron chi connectivity index (χ0n) is 13.3. The van der Waals surface area contributed by atoms with Crippen molar-refractivity contribution in [3.63, 3.8) is 0 Å². The summed E-state index contributed by atoms with van der Waals surface area (Å²) < 4.78 is 0. The maximum atomic E-state index is 11.8. The van der Waals surface area contributed by atoms with Gasteiger partial charge >= 0.3 is 5.97 Å². The normalized spacial score (nSPS) is 23.0. The number of carbonyl (C=O) groups excluding carboxylic acids is 1. The van der Waals surface area contributed by atoms with Gasteiger partial charge in [0, 0.05) is 19.5 Å². The third-order valence-corrected chi connectivity index (χ3v) is 5.92. The summed E-state index contributed by atoms with van der Waals surface area (Å²) in [6.45, 7) is 3.22. The number of aryl methyl sites for hydroxylation is 1. The van der Waals surface area contributed by atoms with Crippen LogP contribution >= 0.6 is 11.3 Å². The van der Waals surface area contributed by atoms with Crippen LogP contribution in [0.4, 0.5) is 5.82 Å². The second-order valence-electron chi connectivity index (χ2n) is 6.52. The molecule has 0 bridgehead atoms. The lowest BCUT2D eigenvalue weighted by Crippen LogP contribution is -2.55. The zero-order valence-corrected chi connectivity index (χ0v) is 14.1. The molecule has 2 N–H and O–H groups in total. The van der Waals surface area contributed by atoms with E-state index >= 15 is 0 Å². The van der Waals surface area contributed by atoms with E-state index in [0.29, 0.717) is 25.9 Å². The van der Waals surface area contributed by atoms with Crippen LogP contribution < -0.4 is 10.2 Å². The number of anilines is 1. The molecular weight excluding hydrogens is 328 g/mol. The largest absolute Gasteiger partial charge is 0.481 e. The fourth-order valence-electron chi connectivity index (χ4n) is 3.90. The molecular formula is C16H18N4O3S. The van der Waals surface area contributed by atoms with Crippen LogP contribution in [-0.4, -0.2) is 45.6 Å². The van der Waals surface area contributed by atoms with Gasteiger partial charge in [-0.05, 0) is 31.2 Å². The van der Waals surface area contributed by atoms with Gasteiger partial charge in [-0.3, -0.25) is 9.59 Å². The lowest BCUT2D eigenvalue weighted by molar-refractivity contribution is -0.144. The summed E-state index contributed by atoms with van der Waals surface area (Å²) in [7, 11) is 0. The van der Waals surface area contributed by atoms with Crippen LogP contribution in [0.2, 0.25) is 0 Å². The Kier molecular flexibility index (Phi) is 3.45. The van der Waals surface area contributed by atoms with Crippen molar-refractivity contribution in [2.75, 3.05) is 18.0 Å². The first-order valence-electron chi connectivity index (χ1n) is 7.99. The molecule has 0 radical (unpaired) electrons. The van der Waals surface area contributed by atoms with Crippen molar-refractivity contribution in [1.29, 1.82) is 0 Å². The standard InChI is InChI=1S/C16H18N4O3S/c1-9-17-13(10-2-7-24-14(10)18-9)20-5-3-16(4-6-20)11(15(22)23)8-12(21)19-16/h2,7,11H,3-6,8H2,1H3,(H,19,21)(H,22,23)/t11-/m1/s1. The lowest BCUT2D eigenvalue weighted by atomic mass is 9.77. The molecule has 1 amide bonds. The second kappa shape index (κ2) is 5.41. The first kappa shape index (κ1) is 15.3. The van der Waals surface area contributed by atoms with Crippen LogP contribution in [0.3, 0.4) is 0 Å². The van der Waals surface area contributed by atoms with Crippen LogP contribution in [-0.2, 0) is 9.59 Å². The van der Waals surface area contributed by atoms with Crippen molar-refractivity contribution in [2.45, 2.75) is 31.7 Å². The van der Waals surface area contributed by atoms with Crippen molar-refractivity contribution in [3.05, 3.63) is 17.3 Å². The zero-order chi connectivity index (χ0) is 16.9. The maximum absolute atomic E-state index is 11.8. The lowest BCUT2D eigenvalue weighted by Gasteiger charge is -2.42. The molecule has 1 spiro atoms. The number of hydrogen-bond donors (Lipinski definition) is 2. The highest BCUT2D eigenvalue weighted by Crippen LogP contribution is 2.39. The van der Waals surface area contributed by atoms with Crippen molar-refractivity contribution < 1.29 is 14.7 Å². The third kappa shape index (κ3) is 2.32. The minimum absolute atomic E-state index is 0.0801. The molecule has 2 aromatic heterocycles. The molecule has 8 heteroatoms. The van der Waals surface area contributed by atoms with Gasteiger partial charge < -0.3 is 15.3 Å². The first-order chi connectivity index (χ1) is 11.5. The van der Waals surface area contributed by atoms with E-state index in [4.69, 9.17) is 0 Å². The van der Waals surface area contributed by atoms with Crippen molar-refractivity contribution in [2.24, 2.45) is 5.92 Å². The molecule has 24 heavy (non-hydrogen) atoms. The Hall–Kier alpha value is -2.22. The fraction of sp³-hybridized carbons (Fsp3) is 0.500. The highest BCUT2D eigenvalue weighted by atomic mass is 32.1. The van der Waals surface area contributed by atoms with E-state index in [9.17, 15) is 14.7 Å². The number of carbonyl (C=O) groups is 2. The minimum atomic E-state index is -0.889. The molecule has 2 aliphatic rings. The molecule has 2 fully saturated rings. The van der Waals surface area contributed by atoms with Gasteiger partial charge in [-0.25, -0.2) is 9.97 Å². The highest BCUT2D eigenvalue weighted by Gasteiger charge is 2.51. The summed E-state index contributed by atoms with van der Waals surface area (Å²) in [6, 6.07) is 2.02. The van der Waals surface area contributed by atoms with Gasteiger partial charge in [0.2, 0.25) is 5.91 Å². The number of nitrogens with one attached hydrogen (secondary N) is 1. The molecule has 2 aliphatic heterocycles. The van der Waals surface area contributed by atoms with Gasteiger partial charge in [0.25, 0.3) is 0 Å². The van der Waals surface area contributed by atoms with Crippen LogP contribution in [0, 0.1) is 12.8 Å². The maximum Gasteiger partial charge on any atom is 0.309 e. The molecule has 7 nitrogen and oxygen atoms in total. The Bertz CT molecular complexity index is 826. The predicted molar refractivity (Wildman–Crippen MR) is 90.2 cm³/mol. The average Bonchev–Trinajstić information content (AvgIpc) is 3.12. The number of rotatable bonds is 2. The molecule has 0 aromatic carbocycles. The number of aromatic nitrogens is 2. The number of nitrogens with zero attached hydrogens (tertiary/aromatic N) is 3. The van der Waals surface area contributed by atoms with E-state index < -0.39 is 17.4 Å². The topological polar surface area (TPSA) is 95.4 Å². The number of aliphatic carboxylic acids is 1. The minimum Gasteiger partial charge on any atom is -0.481 e. The SMILES string of the molecule is Cc1nc(N2CCC3(CC2)NC(=O)C[C@@H]3C(=O)O)c2ccsc2n1. The smallest absolute Gasteiger partial charge is 0.309 e. The Balaban J connectivity index is 1.61. The van der Waals surface area contributed by atoms with Gasteiger partial charge in [-0.2, -0.15) is 0 Å². The number of thiophene rings is 1. The van der Waals surface area contributed by atoms with Gasteiger partial charge in [0.15, 0.2) is 0 Å². The number of fused-ring (bicyclic) bond motifs is 1. The number of piperidine rings is 1. The summed E-state index contributed by atoms with van der Waals surface area (Å²) in [5.41, 5.74) is -0.616. The fourth-order valence-corrected chi connectivity index (χ4v) is 4.70. The van der Waals surface area contributed by atoms with E-state index in [1.165, 1.54) is 0 Å². The van der Waals surface area contributed by atoms with E-state index in [1.807, 2.05) is 18.4 Å². The van der Waals surface area contributed by atoms with Crippen LogP contribution in [0.5, 0.6) is 0 Å². The van der Waals surface area contributed by atoms with Gasteiger partial charge in [0.1, 0.15) is 16.5 Å². The summed E-state index contributed by atoms with van der Waals surface area (Å²) in [4.78, 5) is 35.5. The van der Waals surface area contributed by atoms with E-state index in [1.54, 1.807) is 11.3 Å². The molecule has 2 saturated heterocycles. The number of carboxylic acid groups (broad SMARTS) is 1. The number of carboxylic acids is 1. The molecule has 2 aromatic rings. The summed E-state index contributed by atoms with van der Waals surface area (Å²) >= 11 is 1.59. The van der Waals surface area contributed by atoms with Gasteiger partial charge in [0.05, 0.1) is 16.8 Å². The quantitative estimate of drug-likeness (QED) is 0.857. The van der Waals surface area contributed by atoms with E-state index in [-0.39, 0.29) is 12.3 Å². The van der Waals surface area contributed by atoms with Crippen molar-refractivity contribution in [3.8, 4) is 0 Å². The van der Waals surface area contributed by atoms with Crippen LogP contribution in [0.1, 0.15) is 25.1 Å². The van der Waals surface area contributed by atoms with Crippen LogP contribution in [0.15, 0.2) is 11.4 Å². The number of hydrogen-bond acceptors (Lipinski definition) is 6. The molecule has 126 valence electrons. The summed E-state index contributed by atoms with van der Waals surface area (Å²) in [5.74, 6) is -0.0445. The van der Waals surface area contributed by atoms with E-state index in [0.717, 1.165) is 21.9 Å². The summed E-state index contributed by atoms with van der Waals surface area (Å²) in [6.07, 6.45) is 1.31. The summed E-state index contributed by atoms with van der Waals surface area (Å²) in [5, 5.41) is 15.4. The van der Waals surface area contributed by atoms with Gasteiger partial charge in [-0.15, -0.1) is 11.3 Å². The van der Waals surface area contributed by atoms with Crippen molar-refractivity contribution >= 4 is 39.2 Å². The highest BCUT2D eigenvalue weighted by molar-refractivity contribution is 7.16. The second-order valence-corrected chi connectivity index (χ2v) is 7.41. The number of amides is 1. The monoisotopic (exact) mass is 346 g/mol. The molecule has 0 unspecified atom stereocenters. The Morgan fingerprint density at radius 3 is 2.88 bits per heavy atom. The molecule has 0 aliphatic carbocycles. The Morgan fingerprint density at radius 1 is 1.42 bits per heavy atom. The van der Waals surface area contributed by atoms with Gasteiger partial charge in [-0.1, -0.05) is 0 Å². The Morgan fingerprint density at radius 2 is 2.17 bits per heavy atom. The predicted octanol–water partition coefficient (Wildman–Crippen LogP) is 1.56. The molecule has 4 rings (SSSR count). The van der Waals surface area contributed by atoms with Crippen molar-refractivity contribution in [1.82, 2.24) is 15.3 Å². The Labute approximate surface area is 142 Å². The average molecular weight is 346 g/mol. The van der Waals surface area contributed by atoms with Crippen LogP contribution in [0.25, 0.3) is 10.2 Å².